The third-order valence-corrected chi connectivity index (χ3v) is 5.42. The van der Waals surface area contributed by atoms with Crippen molar-refractivity contribution in [1.29, 1.82) is 0 Å². The van der Waals surface area contributed by atoms with Crippen LogP contribution in [0.5, 0.6) is 0 Å². The lowest BCUT2D eigenvalue weighted by Gasteiger charge is -2.08. The van der Waals surface area contributed by atoms with Crippen LogP contribution in [0.2, 0.25) is 0 Å². The number of benzene rings is 2. The molecular weight excluding hydrogens is 432 g/mol. The molecule has 168 valence electrons. The van der Waals surface area contributed by atoms with Gasteiger partial charge in [0.1, 0.15) is 5.76 Å². The van der Waals surface area contributed by atoms with E-state index in [2.05, 4.69) is 10.5 Å². The Labute approximate surface area is 194 Å². The van der Waals surface area contributed by atoms with Gasteiger partial charge < -0.3 is 18.7 Å². The van der Waals surface area contributed by atoms with Gasteiger partial charge in [-0.15, -0.1) is 0 Å². The highest BCUT2D eigenvalue weighted by Gasteiger charge is 2.13. The monoisotopic (exact) mass is 452 g/mol. The summed E-state index contributed by atoms with van der Waals surface area (Å²) in [6.07, 6.45) is 7.24. The van der Waals surface area contributed by atoms with Gasteiger partial charge in [0, 0.05) is 35.1 Å². The number of aromatic carboxylic acids is 1. The Hall–Kier alpha value is -4.85. The summed E-state index contributed by atoms with van der Waals surface area (Å²) >= 11 is 0. The van der Waals surface area contributed by atoms with Gasteiger partial charge in [-0.2, -0.15) is 5.10 Å². The molecule has 34 heavy (non-hydrogen) atoms. The lowest BCUT2D eigenvalue weighted by Crippen LogP contribution is -2.19. The van der Waals surface area contributed by atoms with Gasteiger partial charge in [0.25, 0.3) is 5.91 Å². The first-order valence-electron chi connectivity index (χ1n) is 10.6. The number of hydrogen-bond donors (Lipinski definition) is 2. The van der Waals surface area contributed by atoms with E-state index in [1.54, 1.807) is 18.3 Å². The molecule has 2 N–H and O–H groups in total. The maximum absolute atomic E-state index is 12.8. The highest BCUT2D eigenvalue weighted by atomic mass is 16.4. The van der Waals surface area contributed by atoms with Crippen molar-refractivity contribution in [2.45, 2.75) is 6.54 Å². The first kappa shape index (κ1) is 21.0. The summed E-state index contributed by atoms with van der Waals surface area (Å²) in [7, 11) is 0. The van der Waals surface area contributed by atoms with Gasteiger partial charge >= 0.3 is 5.97 Å². The minimum Gasteiger partial charge on any atom is -0.475 e. The second-order valence-electron chi connectivity index (χ2n) is 7.61. The van der Waals surface area contributed by atoms with Gasteiger partial charge in [0.15, 0.2) is 0 Å². The van der Waals surface area contributed by atoms with Gasteiger partial charge in [0.05, 0.1) is 24.0 Å². The van der Waals surface area contributed by atoms with E-state index < -0.39 is 5.97 Å². The predicted octanol–water partition coefficient (Wildman–Crippen LogP) is 4.54. The number of hydrazone groups is 1. The van der Waals surface area contributed by atoms with Crippen LogP contribution in [0.4, 0.5) is 0 Å². The molecular formula is C26H20N4O4. The van der Waals surface area contributed by atoms with E-state index in [1.165, 1.54) is 6.07 Å². The predicted molar refractivity (Wildman–Crippen MR) is 128 cm³/mol. The van der Waals surface area contributed by atoms with Gasteiger partial charge in [-0.3, -0.25) is 4.79 Å². The summed E-state index contributed by atoms with van der Waals surface area (Å²) in [4.78, 5) is 23.9. The van der Waals surface area contributed by atoms with Crippen LogP contribution >= 0.6 is 0 Å². The molecule has 0 atom stereocenters. The van der Waals surface area contributed by atoms with E-state index in [-0.39, 0.29) is 11.7 Å². The number of amides is 1. The Balaban J connectivity index is 1.38. The van der Waals surface area contributed by atoms with Crippen LogP contribution in [0.3, 0.4) is 0 Å². The van der Waals surface area contributed by atoms with Crippen LogP contribution in [0.15, 0.2) is 101 Å². The summed E-state index contributed by atoms with van der Waals surface area (Å²) in [5.41, 5.74) is 5.62. The van der Waals surface area contributed by atoms with Crippen molar-refractivity contribution in [1.82, 2.24) is 14.6 Å². The smallest absolute Gasteiger partial charge is 0.371 e. The zero-order chi connectivity index (χ0) is 23.5. The van der Waals surface area contributed by atoms with Crippen LogP contribution in [0.25, 0.3) is 16.6 Å². The molecule has 0 aliphatic heterocycles. The molecule has 0 aliphatic carbocycles. The second kappa shape index (κ2) is 8.95. The molecule has 5 aromatic rings. The number of carboxylic acid groups (broad SMARTS) is 1. The number of nitrogens with one attached hydrogen (secondary N) is 1. The van der Waals surface area contributed by atoms with Crippen molar-refractivity contribution in [2.24, 2.45) is 5.10 Å². The molecule has 8 heteroatoms. The number of carboxylic acids is 1. The molecule has 3 aromatic heterocycles. The van der Waals surface area contributed by atoms with E-state index in [0.717, 1.165) is 22.2 Å². The summed E-state index contributed by atoms with van der Waals surface area (Å²) in [6, 6.07) is 21.9. The Bertz CT molecular complexity index is 1510. The molecule has 0 unspecified atom stereocenters. The molecule has 0 radical (unpaired) electrons. The highest BCUT2D eigenvalue weighted by Crippen LogP contribution is 2.22. The van der Waals surface area contributed by atoms with Gasteiger partial charge in [0.2, 0.25) is 5.76 Å². The Morgan fingerprint density at radius 3 is 2.53 bits per heavy atom. The molecule has 0 aliphatic rings. The number of para-hydroxylation sites is 2. The zero-order valence-corrected chi connectivity index (χ0v) is 18.0. The van der Waals surface area contributed by atoms with Crippen LogP contribution in [0.1, 0.15) is 32.2 Å². The average molecular weight is 452 g/mol. The van der Waals surface area contributed by atoms with Gasteiger partial charge in [-0.1, -0.05) is 30.3 Å². The first-order valence-corrected chi connectivity index (χ1v) is 10.6. The quantitative estimate of drug-likeness (QED) is 0.280. The number of hydrogen-bond acceptors (Lipinski definition) is 4. The molecule has 2 aromatic carbocycles. The zero-order valence-electron chi connectivity index (χ0n) is 18.0. The van der Waals surface area contributed by atoms with Crippen molar-refractivity contribution in [2.75, 3.05) is 0 Å². The minimum absolute atomic E-state index is 0.101. The fraction of sp³-hybridized carbons (Fsp3) is 0.0385. The minimum atomic E-state index is -1.11. The molecule has 0 bridgehead atoms. The summed E-state index contributed by atoms with van der Waals surface area (Å²) in [5, 5.41) is 14.2. The number of aromatic nitrogens is 2. The first-order chi connectivity index (χ1) is 16.6. The number of rotatable bonds is 7. The summed E-state index contributed by atoms with van der Waals surface area (Å²) in [6.45, 7) is 0.359. The molecule has 8 nitrogen and oxygen atoms in total. The van der Waals surface area contributed by atoms with Crippen molar-refractivity contribution in [3.05, 3.63) is 114 Å². The van der Waals surface area contributed by atoms with E-state index in [0.29, 0.717) is 17.9 Å². The van der Waals surface area contributed by atoms with Crippen molar-refractivity contribution in [3.63, 3.8) is 0 Å². The maximum Gasteiger partial charge on any atom is 0.371 e. The van der Waals surface area contributed by atoms with Crippen LogP contribution < -0.4 is 5.43 Å². The number of furan rings is 1. The number of nitrogens with zero attached hydrogens (tertiary/aromatic N) is 3. The molecule has 0 saturated carbocycles. The Morgan fingerprint density at radius 2 is 1.74 bits per heavy atom. The molecule has 0 spiro atoms. The third-order valence-electron chi connectivity index (χ3n) is 5.42. The summed E-state index contributed by atoms with van der Waals surface area (Å²) < 4.78 is 9.22. The van der Waals surface area contributed by atoms with Crippen molar-refractivity contribution in [3.8, 4) is 5.69 Å². The lowest BCUT2D eigenvalue weighted by atomic mass is 10.1. The molecule has 1 amide bonds. The number of fused-ring (bicyclic) bond motifs is 1. The van der Waals surface area contributed by atoms with Crippen molar-refractivity contribution >= 4 is 29.0 Å². The maximum atomic E-state index is 12.8. The van der Waals surface area contributed by atoms with Gasteiger partial charge in [-0.05, 0) is 42.5 Å². The topological polar surface area (TPSA) is 102 Å². The van der Waals surface area contributed by atoms with E-state index in [9.17, 15) is 9.59 Å². The van der Waals surface area contributed by atoms with E-state index in [4.69, 9.17) is 9.52 Å². The molecule has 3 heterocycles. The van der Waals surface area contributed by atoms with Crippen LogP contribution in [0, 0.1) is 0 Å². The van der Waals surface area contributed by atoms with Crippen molar-refractivity contribution < 1.29 is 19.1 Å². The normalized spacial score (nSPS) is 11.3. The fourth-order valence-corrected chi connectivity index (χ4v) is 3.86. The third kappa shape index (κ3) is 4.12. The summed E-state index contributed by atoms with van der Waals surface area (Å²) in [5.74, 6) is -1.00. The Morgan fingerprint density at radius 1 is 0.971 bits per heavy atom. The average Bonchev–Trinajstić information content (AvgIpc) is 3.61. The van der Waals surface area contributed by atoms with E-state index in [1.807, 2.05) is 82.3 Å². The number of carbonyl (C=O) groups is 2. The van der Waals surface area contributed by atoms with Crippen LogP contribution in [-0.2, 0) is 6.54 Å². The molecule has 5 rings (SSSR count). The highest BCUT2D eigenvalue weighted by molar-refractivity contribution is 6.01. The number of carbonyl (C=O) groups excluding carboxylic acids is 1. The largest absolute Gasteiger partial charge is 0.475 e. The standard InChI is InChI=1S/C26H20N4O4/c31-25(21-8-2-4-10-23(21)29-13-5-6-14-29)28-27-15-18-16-30(22-9-3-1-7-20(18)22)17-19-11-12-24(34-19)26(32)33/h1-16H,17H2,(H,28,31)(H,32,33). The van der Waals surface area contributed by atoms with Crippen LogP contribution in [-0.4, -0.2) is 32.3 Å². The lowest BCUT2D eigenvalue weighted by molar-refractivity contribution is 0.0660. The molecule has 0 saturated heterocycles. The van der Waals surface area contributed by atoms with Gasteiger partial charge in [-0.25, -0.2) is 10.2 Å². The van der Waals surface area contributed by atoms with E-state index >= 15 is 0 Å². The Kier molecular flexibility index (Phi) is 5.53. The SMILES string of the molecule is O=C(O)c1ccc(Cn2cc(C=NNC(=O)c3ccccc3-n3cccc3)c3ccccc32)o1. The second-order valence-corrected chi connectivity index (χ2v) is 7.61. The molecule has 0 fully saturated rings. The fourth-order valence-electron chi connectivity index (χ4n) is 3.86.